The number of carbonyl (C=O) groups is 1. The van der Waals surface area contributed by atoms with Gasteiger partial charge in [-0.2, -0.15) is 5.26 Å². The average molecular weight is 223 g/mol. The first kappa shape index (κ1) is 12.1. The van der Waals surface area contributed by atoms with Crippen LogP contribution in [0.1, 0.15) is 28.4 Å². The molecule has 0 aromatic heterocycles. The fourth-order valence-corrected chi connectivity index (χ4v) is 1.21. The van der Waals surface area contributed by atoms with Crippen LogP contribution in [0.2, 0.25) is 0 Å². The van der Waals surface area contributed by atoms with E-state index in [2.05, 4.69) is 4.74 Å². The third kappa shape index (κ3) is 2.35. The van der Waals surface area contributed by atoms with Gasteiger partial charge in [0.15, 0.2) is 0 Å². The minimum Gasteiger partial charge on any atom is -0.462 e. The predicted octanol–water partition coefficient (Wildman–Crippen LogP) is 1.37. The van der Waals surface area contributed by atoms with Crippen LogP contribution in [0.5, 0.6) is 0 Å². The molecular formula is C11H10FNO3. The standard InChI is InChI=1S/C11H10FNO3/c1-2-16-11(15)9-3-7(5-13)8(6-14)4-10(9)12/h3-4,14H,2,6H2,1H3. The number of carbonyl (C=O) groups excluding carboxylic acids is 1. The number of hydrogen-bond donors (Lipinski definition) is 1. The minimum absolute atomic E-state index is 0.0620. The fourth-order valence-electron chi connectivity index (χ4n) is 1.21. The molecule has 0 radical (unpaired) electrons. The Morgan fingerprint density at radius 2 is 2.31 bits per heavy atom. The molecule has 5 heteroatoms. The van der Waals surface area contributed by atoms with Crippen molar-refractivity contribution in [3.8, 4) is 6.07 Å². The molecule has 0 spiro atoms. The maximum atomic E-state index is 13.4. The Bertz CT molecular complexity index is 451. The molecule has 0 saturated heterocycles. The van der Waals surface area contributed by atoms with Crippen LogP contribution in [0.15, 0.2) is 12.1 Å². The molecule has 0 unspecified atom stereocenters. The summed E-state index contributed by atoms with van der Waals surface area (Å²) in [4.78, 5) is 11.3. The van der Waals surface area contributed by atoms with Gasteiger partial charge in [0, 0.05) is 0 Å². The molecule has 1 aromatic rings. The molecule has 1 aromatic carbocycles. The first-order valence-electron chi connectivity index (χ1n) is 4.64. The van der Waals surface area contributed by atoms with Gasteiger partial charge in [0.1, 0.15) is 5.82 Å². The number of benzene rings is 1. The van der Waals surface area contributed by atoms with Crippen LogP contribution in [0.25, 0.3) is 0 Å². The highest BCUT2D eigenvalue weighted by Crippen LogP contribution is 2.16. The normalized spacial score (nSPS) is 9.62. The fraction of sp³-hybridized carbons (Fsp3) is 0.273. The van der Waals surface area contributed by atoms with E-state index in [0.717, 1.165) is 12.1 Å². The van der Waals surface area contributed by atoms with Gasteiger partial charge in [0.2, 0.25) is 0 Å². The Morgan fingerprint density at radius 3 is 2.81 bits per heavy atom. The highest BCUT2D eigenvalue weighted by Gasteiger charge is 2.16. The van der Waals surface area contributed by atoms with Crippen LogP contribution in [0, 0.1) is 17.1 Å². The number of ether oxygens (including phenoxy) is 1. The number of nitrogens with zero attached hydrogens (tertiary/aromatic N) is 1. The summed E-state index contributed by atoms with van der Waals surface area (Å²) in [6.45, 7) is 1.27. The summed E-state index contributed by atoms with van der Waals surface area (Å²) in [6, 6.07) is 3.82. The van der Waals surface area contributed by atoms with Crippen LogP contribution in [0.3, 0.4) is 0 Å². The Kier molecular flexibility index (Phi) is 3.97. The van der Waals surface area contributed by atoms with Crippen molar-refractivity contribution >= 4 is 5.97 Å². The van der Waals surface area contributed by atoms with E-state index in [1.165, 1.54) is 0 Å². The number of aliphatic hydroxyl groups is 1. The monoisotopic (exact) mass is 223 g/mol. The molecule has 16 heavy (non-hydrogen) atoms. The topological polar surface area (TPSA) is 70.3 Å². The summed E-state index contributed by atoms with van der Waals surface area (Å²) >= 11 is 0. The number of rotatable bonds is 3. The van der Waals surface area contributed by atoms with Crippen molar-refractivity contribution in [1.82, 2.24) is 0 Å². The second kappa shape index (κ2) is 5.24. The van der Waals surface area contributed by atoms with Crippen LogP contribution >= 0.6 is 0 Å². The lowest BCUT2D eigenvalue weighted by Gasteiger charge is -2.06. The van der Waals surface area contributed by atoms with Crippen molar-refractivity contribution in [3.63, 3.8) is 0 Å². The SMILES string of the molecule is CCOC(=O)c1cc(C#N)c(CO)cc1F. The molecule has 0 aliphatic carbocycles. The second-order valence-corrected chi connectivity index (χ2v) is 2.98. The number of hydrogen-bond acceptors (Lipinski definition) is 4. The molecule has 0 amide bonds. The zero-order valence-electron chi connectivity index (χ0n) is 8.66. The molecular weight excluding hydrogens is 213 g/mol. The largest absolute Gasteiger partial charge is 0.462 e. The van der Waals surface area contributed by atoms with Crippen molar-refractivity contribution < 1.29 is 19.0 Å². The summed E-state index contributed by atoms with van der Waals surface area (Å²) < 4.78 is 18.0. The quantitative estimate of drug-likeness (QED) is 0.785. The highest BCUT2D eigenvalue weighted by atomic mass is 19.1. The second-order valence-electron chi connectivity index (χ2n) is 2.98. The van der Waals surface area contributed by atoms with Gasteiger partial charge in [-0.05, 0) is 24.6 Å². The molecule has 84 valence electrons. The number of esters is 1. The zero-order chi connectivity index (χ0) is 12.1. The van der Waals surface area contributed by atoms with E-state index in [9.17, 15) is 9.18 Å². The smallest absolute Gasteiger partial charge is 0.341 e. The predicted molar refractivity (Wildman–Crippen MR) is 53.0 cm³/mol. The molecule has 0 bridgehead atoms. The van der Waals surface area contributed by atoms with E-state index < -0.39 is 18.4 Å². The maximum absolute atomic E-state index is 13.4. The zero-order valence-corrected chi connectivity index (χ0v) is 8.66. The summed E-state index contributed by atoms with van der Waals surface area (Å²) in [5, 5.41) is 17.6. The summed E-state index contributed by atoms with van der Waals surface area (Å²) in [6.07, 6.45) is 0. The van der Waals surface area contributed by atoms with Gasteiger partial charge < -0.3 is 9.84 Å². The van der Waals surface area contributed by atoms with Gasteiger partial charge in [0.05, 0.1) is 30.4 Å². The molecule has 0 atom stereocenters. The molecule has 0 heterocycles. The molecule has 0 aliphatic rings. The van der Waals surface area contributed by atoms with Crippen molar-refractivity contribution in [1.29, 1.82) is 5.26 Å². The minimum atomic E-state index is -0.819. The Labute approximate surface area is 91.9 Å². The molecule has 0 fully saturated rings. The van der Waals surface area contributed by atoms with Crippen LogP contribution in [0.4, 0.5) is 4.39 Å². The van der Waals surface area contributed by atoms with Gasteiger partial charge in [-0.3, -0.25) is 0 Å². The lowest BCUT2D eigenvalue weighted by molar-refractivity contribution is 0.0521. The maximum Gasteiger partial charge on any atom is 0.341 e. The lowest BCUT2D eigenvalue weighted by Crippen LogP contribution is -2.09. The van der Waals surface area contributed by atoms with Crippen molar-refractivity contribution in [2.45, 2.75) is 13.5 Å². The third-order valence-electron chi connectivity index (χ3n) is 1.98. The van der Waals surface area contributed by atoms with E-state index in [1.54, 1.807) is 13.0 Å². The van der Waals surface area contributed by atoms with Gasteiger partial charge in [-0.1, -0.05) is 0 Å². The van der Waals surface area contributed by atoms with Gasteiger partial charge in [-0.15, -0.1) is 0 Å². The molecule has 1 N–H and O–H groups in total. The van der Waals surface area contributed by atoms with Crippen molar-refractivity contribution in [3.05, 3.63) is 34.6 Å². The van der Waals surface area contributed by atoms with E-state index >= 15 is 0 Å². The molecule has 4 nitrogen and oxygen atoms in total. The summed E-state index contributed by atoms with van der Waals surface area (Å²) in [7, 11) is 0. The first-order chi connectivity index (χ1) is 7.63. The highest BCUT2D eigenvalue weighted by molar-refractivity contribution is 5.90. The first-order valence-corrected chi connectivity index (χ1v) is 4.64. The van der Waals surface area contributed by atoms with Crippen LogP contribution in [-0.4, -0.2) is 17.7 Å². The molecule has 1 rings (SSSR count). The molecule has 0 aliphatic heterocycles. The van der Waals surface area contributed by atoms with E-state index in [-0.39, 0.29) is 23.3 Å². The summed E-state index contributed by atoms with van der Waals surface area (Å²) in [5.41, 5.74) is -0.0874. The Balaban J connectivity index is 3.22. The number of nitriles is 1. The van der Waals surface area contributed by atoms with E-state index in [0.29, 0.717) is 0 Å². The van der Waals surface area contributed by atoms with Crippen LogP contribution < -0.4 is 0 Å². The van der Waals surface area contributed by atoms with E-state index in [1.807, 2.05) is 0 Å². The van der Waals surface area contributed by atoms with Crippen molar-refractivity contribution in [2.75, 3.05) is 6.61 Å². The Hall–Kier alpha value is -1.93. The lowest BCUT2D eigenvalue weighted by atomic mass is 10.0. The van der Waals surface area contributed by atoms with E-state index in [4.69, 9.17) is 10.4 Å². The Morgan fingerprint density at radius 1 is 1.62 bits per heavy atom. The molecule has 0 saturated carbocycles. The number of halogens is 1. The van der Waals surface area contributed by atoms with Gasteiger partial charge in [0.25, 0.3) is 0 Å². The van der Waals surface area contributed by atoms with Crippen LogP contribution in [-0.2, 0) is 11.3 Å². The third-order valence-corrected chi connectivity index (χ3v) is 1.98. The summed E-state index contributed by atoms with van der Waals surface area (Å²) in [5.74, 6) is -1.62. The van der Waals surface area contributed by atoms with Gasteiger partial charge in [-0.25, -0.2) is 9.18 Å². The number of aliphatic hydroxyl groups excluding tert-OH is 1. The average Bonchev–Trinajstić information content (AvgIpc) is 2.28. The van der Waals surface area contributed by atoms with Crippen molar-refractivity contribution in [2.24, 2.45) is 0 Å². The van der Waals surface area contributed by atoms with Gasteiger partial charge >= 0.3 is 5.97 Å².